The summed E-state index contributed by atoms with van der Waals surface area (Å²) in [4.78, 5) is 26.1. The molecule has 1 aromatic carbocycles. The Morgan fingerprint density at radius 3 is 2.29 bits per heavy atom. The first-order valence-electron chi connectivity index (χ1n) is 12.5. The highest BCUT2D eigenvalue weighted by molar-refractivity contribution is 7.86. The molecule has 0 radical (unpaired) electrons. The molecule has 4 fully saturated rings. The first-order chi connectivity index (χ1) is 15.7. The quantitative estimate of drug-likeness (QED) is 0.296. The minimum absolute atomic E-state index is 0.00906. The van der Waals surface area contributed by atoms with Gasteiger partial charge in [-0.25, -0.2) is 0 Å². The van der Waals surface area contributed by atoms with Crippen LogP contribution in [0.5, 0.6) is 0 Å². The van der Waals surface area contributed by atoms with Gasteiger partial charge in [-0.2, -0.15) is 8.42 Å². The maximum atomic E-state index is 13.5. The molecule has 4 aliphatic rings. The van der Waals surface area contributed by atoms with Crippen LogP contribution in [-0.2, 0) is 28.6 Å². The number of carbonyl (C=O) groups excluding carboxylic acids is 2. The molecule has 0 N–H and O–H groups in total. The summed E-state index contributed by atoms with van der Waals surface area (Å²) in [5.41, 5.74) is -1.31. The summed E-state index contributed by atoms with van der Waals surface area (Å²) in [7, 11) is -4.12. The lowest BCUT2D eigenvalue weighted by Gasteiger charge is -2.65. The van der Waals surface area contributed by atoms with Crippen molar-refractivity contribution < 1.29 is 26.9 Å². The third-order valence-electron chi connectivity index (χ3n) is 10.1. The lowest BCUT2D eigenvalue weighted by atomic mass is 9.41. The minimum atomic E-state index is -4.12. The van der Waals surface area contributed by atoms with Crippen LogP contribution in [0.4, 0.5) is 0 Å². The summed E-state index contributed by atoms with van der Waals surface area (Å²) in [5.74, 6) is 1.06. The predicted molar refractivity (Wildman–Crippen MR) is 126 cm³/mol. The number of aryl methyl sites for hydroxylation is 1. The van der Waals surface area contributed by atoms with E-state index in [1.165, 1.54) is 51.7 Å². The van der Waals surface area contributed by atoms with Crippen LogP contribution in [0.1, 0.15) is 71.8 Å². The van der Waals surface area contributed by atoms with Gasteiger partial charge in [0, 0.05) is 5.41 Å². The van der Waals surface area contributed by atoms with E-state index >= 15 is 0 Å². The Balaban J connectivity index is 1.35. The molecule has 0 amide bonds. The summed E-state index contributed by atoms with van der Waals surface area (Å²) in [6.07, 6.45) is 7.22. The molecule has 6 atom stereocenters. The lowest BCUT2D eigenvalue weighted by Crippen LogP contribution is -2.64. The highest BCUT2D eigenvalue weighted by Gasteiger charge is 2.79. The highest BCUT2D eigenvalue weighted by atomic mass is 32.2. The number of fused-ring (bicyclic) bond motifs is 2. The Bertz CT molecular complexity index is 1130. The summed E-state index contributed by atoms with van der Waals surface area (Å²) in [6.45, 7) is 7.98. The molecule has 4 saturated carbocycles. The zero-order chi connectivity index (χ0) is 24.7. The molecule has 0 saturated heterocycles. The van der Waals surface area contributed by atoms with Crippen LogP contribution in [0.2, 0.25) is 0 Å². The molecule has 0 heterocycles. The Morgan fingerprint density at radius 1 is 1.00 bits per heavy atom. The first-order valence-corrected chi connectivity index (χ1v) is 13.9. The number of ketones is 1. The maximum Gasteiger partial charge on any atom is 0.322 e. The number of hydrogen-bond donors (Lipinski definition) is 0. The van der Waals surface area contributed by atoms with Crippen molar-refractivity contribution in [2.24, 2.45) is 34.0 Å². The first kappa shape index (κ1) is 24.0. The number of Topliss-reactive ketones (excluding diaryl/α,β-unsaturated/α-hetero) is 1. The number of carbonyl (C=O) groups is 2. The van der Waals surface area contributed by atoms with Gasteiger partial charge in [-0.1, -0.05) is 17.7 Å². The van der Waals surface area contributed by atoms with Gasteiger partial charge in [0.15, 0.2) is 0 Å². The van der Waals surface area contributed by atoms with Gasteiger partial charge in [-0.05, 0) is 108 Å². The van der Waals surface area contributed by atoms with Crippen LogP contribution >= 0.6 is 0 Å². The van der Waals surface area contributed by atoms with Gasteiger partial charge in [-0.15, -0.1) is 0 Å². The van der Waals surface area contributed by atoms with Crippen LogP contribution in [0, 0.1) is 40.9 Å². The fraction of sp³-hybridized carbons (Fsp3) is 0.704. The van der Waals surface area contributed by atoms with Crippen LogP contribution in [0.15, 0.2) is 29.2 Å². The second kappa shape index (κ2) is 7.39. The predicted octanol–water partition coefficient (Wildman–Crippen LogP) is 4.83. The zero-order valence-corrected chi connectivity index (χ0v) is 21.7. The van der Waals surface area contributed by atoms with Crippen molar-refractivity contribution in [3.05, 3.63) is 29.8 Å². The van der Waals surface area contributed by atoms with E-state index in [0.29, 0.717) is 5.92 Å². The van der Waals surface area contributed by atoms with Gasteiger partial charge in [0.25, 0.3) is 10.1 Å². The second-order valence-electron chi connectivity index (χ2n) is 12.3. The molecule has 6 nitrogen and oxygen atoms in total. The smallest absolute Gasteiger partial charge is 0.322 e. The molecule has 0 aromatic heterocycles. The summed E-state index contributed by atoms with van der Waals surface area (Å²) < 4.78 is 36.9. The summed E-state index contributed by atoms with van der Waals surface area (Å²) >= 11 is 0. The van der Waals surface area contributed by atoms with Crippen LogP contribution in [0.3, 0.4) is 0 Å². The second-order valence-corrected chi connectivity index (χ2v) is 13.9. The fourth-order valence-electron chi connectivity index (χ4n) is 8.19. The van der Waals surface area contributed by atoms with Crippen molar-refractivity contribution in [2.75, 3.05) is 6.61 Å². The van der Waals surface area contributed by atoms with E-state index in [1.807, 2.05) is 20.8 Å². The maximum absolute atomic E-state index is 13.5. The molecule has 7 heteroatoms. The van der Waals surface area contributed by atoms with E-state index < -0.39 is 39.5 Å². The van der Waals surface area contributed by atoms with E-state index in [0.717, 1.165) is 30.2 Å². The van der Waals surface area contributed by atoms with Gasteiger partial charge in [-0.3, -0.25) is 13.8 Å². The summed E-state index contributed by atoms with van der Waals surface area (Å²) in [5, 5.41) is 0. The lowest BCUT2D eigenvalue weighted by molar-refractivity contribution is -0.235. The van der Waals surface area contributed by atoms with Crippen molar-refractivity contribution >= 4 is 21.9 Å². The van der Waals surface area contributed by atoms with Crippen molar-refractivity contribution in [1.29, 1.82) is 0 Å². The zero-order valence-electron chi connectivity index (χ0n) is 20.8. The third kappa shape index (κ3) is 3.18. The number of ether oxygens (including phenoxy) is 1. The summed E-state index contributed by atoms with van der Waals surface area (Å²) in [6, 6.07) is 6.26. The van der Waals surface area contributed by atoms with Gasteiger partial charge >= 0.3 is 5.97 Å². The van der Waals surface area contributed by atoms with Gasteiger partial charge in [0.2, 0.25) is 0 Å². The van der Waals surface area contributed by atoms with Crippen LogP contribution < -0.4 is 0 Å². The van der Waals surface area contributed by atoms with E-state index in [4.69, 9.17) is 8.92 Å². The number of esters is 1. The number of hydrogen-bond acceptors (Lipinski definition) is 6. The molecule has 5 rings (SSSR count). The van der Waals surface area contributed by atoms with Crippen molar-refractivity contribution in [3.63, 3.8) is 0 Å². The normalized spacial score (nSPS) is 35.4. The average molecular weight is 489 g/mol. The molecule has 34 heavy (non-hydrogen) atoms. The highest BCUT2D eigenvalue weighted by Crippen LogP contribution is 2.84. The fourth-order valence-corrected chi connectivity index (χ4v) is 9.18. The van der Waals surface area contributed by atoms with Crippen molar-refractivity contribution in [2.45, 2.75) is 83.6 Å². The molecule has 0 aliphatic heterocycles. The van der Waals surface area contributed by atoms with Crippen LogP contribution in [0.25, 0.3) is 0 Å². The molecule has 4 aliphatic carbocycles. The molecule has 3 bridgehead atoms. The van der Waals surface area contributed by atoms with E-state index in [-0.39, 0.29) is 15.7 Å². The molecule has 186 valence electrons. The van der Waals surface area contributed by atoms with Crippen molar-refractivity contribution in [3.8, 4) is 0 Å². The van der Waals surface area contributed by atoms with Gasteiger partial charge in [0.1, 0.15) is 16.8 Å². The Hall–Kier alpha value is -1.73. The monoisotopic (exact) mass is 488 g/mol. The number of benzene rings is 1. The Labute approximate surface area is 202 Å². The van der Waals surface area contributed by atoms with Gasteiger partial charge in [0.05, 0.1) is 11.5 Å². The molecule has 1 aromatic rings. The average Bonchev–Trinajstić information content (AvgIpc) is 3.07. The van der Waals surface area contributed by atoms with E-state index in [9.17, 15) is 18.0 Å². The topological polar surface area (TPSA) is 86.7 Å². The molecular weight excluding hydrogens is 452 g/mol. The molecule has 6 unspecified atom stereocenters. The van der Waals surface area contributed by atoms with Gasteiger partial charge < -0.3 is 4.74 Å². The SMILES string of the molecule is CC(=O)C(C)(COS(=O)(=O)c1ccc(C)cc1)C(=O)OC(C)(C)C12CC3CC4CC(C1)C2(C4)C3. The molecule has 1 spiro atoms. The Kier molecular flexibility index (Phi) is 5.21. The Morgan fingerprint density at radius 2 is 1.65 bits per heavy atom. The minimum Gasteiger partial charge on any atom is -0.458 e. The number of rotatable bonds is 8. The molecular formula is C27H36O6S. The van der Waals surface area contributed by atoms with Crippen molar-refractivity contribution in [1.82, 2.24) is 0 Å². The standard InChI is InChI=1S/C27H36O6S/c1-17-6-8-22(9-7-17)34(30,31)32-16-25(5,18(2)28)23(29)33-24(3,4)27-14-20-10-19-11-21(15-27)26(27,12-19)13-20/h6-9,19-21H,10-16H2,1-5H3. The largest absolute Gasteiger partial charge is 0.458 e. The van der Waals surface area contributed by atoms with Crippen LogP contribution in [-0.4, -0.2) is 32.4 Å². The van der Waals surface area contributed by atoms with E-state index in [1.54, 1.807) is 12.1 Å². The third-order valence-corrected chi connectivity index (χ3v) is 11.4. The van der Waals surface area contributed by atoms with E-state index in [2.05, 4.69) is 0 Å².